The van der Waals surface area contributed by atoms with E-state index < -0.39 is 5.82 Å². The van der Waals surface area contributed by atoms with Gasteiger partial charge in [0.15, 0.2) is 11.4 Å². The summed E-state index contributed by atoms with van der Waals surface area (Å²) in [4.78, 5) is 21.1. The average molecular weight is 377 g/mol. The highest BCUT2D eigenvalue weighted by Crippen LogP contribution is 2.25. The van der Waals surface area contributed by atoms with Gasteiger partial charge in [0.1, 0.15) is 23.1 Å². The molecule has 7 nitrogen and oxygen atoms in total. The van der Waals surface area contributed by atoms with Gasteiger partial charge in [-0.15, -0.1) is 10.2 Å². The number of Topliss-reactive ketones (excluding diaryl/α,β-unsaturated/α-hetero) is 1. The van der Waals surface area contributed by atoms with Crippen LogP contribution in [0.3, 0.4) is 0 Å². The van der Waals surface area contributed by atoms with E-state index >= 15 is 0 Å². The molecule has 4 aromatic rings. The Morgan fingerprint density at radius 2 is 2.00 bits per heavy atom. The Balaban J connectivity index is 1.73. The van der Waals surface area contributed by atoms with Crippen molar-refractivity contribution < 1.29 is 13.9 Å². The summed E-state index contributed by atoms with van der Waals surface area (Å²) in [5.74, 6) is 0.493. The minimum atomic E-state index is -0.513. The lowest BCUT2D eigenvalue weighted by molar-refractivity contribution is 0.0992. The second kappa shape index (κ2) is 7.15. The van der Waals surface area contributed by atoms with E-state index in [1.807, 2.05) is 19.1 Å². The molecule has 0 aliphatic carbocycles. The number of nitrogens with zero attached hydrogens (tertiary/aromatic N) is 5. The molecular weight excluding hydrogens is 361 g/mol. The molecule has 0 aliphatic heterocycles. The third-order valence-corrected chi connectivity index (χ3v) is 4.15. The van der Waals surface area contributed by atoms with Gasteiger partial charge in [-0.2, -0.15) is 0 Å². The number of carbonyl (C=O) groups excluding carboxylic acids is 1. The highest BCUT2D eigenvalue weighted by Gasteiger charge is 2.18. The lowest BCUT2D eigenvalue weighted by Crippen LogP contribution is -2.08. The zero-order chi connectivity index (χ0) is 19.7. The van der Waals surface area contributed by atoms with E-state index in [1.54, 1.807) is 29.7 Å². The van der Waals surface area contributed by atoms with E-state index in [9.17, 15) is 9.18 Å². The Labute approximate surface area is 159 Å². The van der Waals surface area contributed by atoms with Crippen molar-refractivity contribution in [2.75, 3.05) is 0 Å². The van der Waals surface area contributed by atoms with Gasteiger partial charge in [-0.25, -0.2) is 4.39 Å². The molecule has 0 radical (unpaired) electrons. The molecule has 0 saturated carbocycles. The summed E-state index contributed by atoms with van der Waals surface area (Å²) in [6, 6.07) is 8.32. The Bertz CT molecular complexity index is 1190. The number of halogens is 1. The van der Waals surface area contributed by atoms with Crippen molar-refractivity contribution in [3.63, 3.8) is 0 Å². The third kappa shape index (κ3) is 3.57. The molecule has 0 fully saturated rings. The molecule has 0 spiro atoms. The minimum Gasteiger partial charge on any atom is -0.454 e. The first-order valence-electron chi connectivity index (χ1n) is 8.59. The van der Waals surface area contributed by atoms with E-state index in [-0.39, 0.29) is 18.0 Å². The molecule has 4 heterocycles. The van der Waals surface area contributed by atoms with Gasteiger partial charge in [-0.1, -0.05) is 6.07 Å². The zero-order valence-corrected chi connectivity index (χ0v) is 15.3. The lowest BCUT2D eigenvalue weighted by atomic mass is 10.1. The normalized spacial score (nSPS) is 11.0. The van der Waals surface area contributed by atoms with Crippen LogP contribution in [0, 0.1) is 19.7 Å². The lowest BCUT2D eigenvalue weighted by Gasteiger charge is -2.09. The summed E-state index contributed by atoms with van der Waals surface area (Å²) >= 11 is 0. The third-order valence-electron chi connectivity index (χ3n) is 4.15. The number of aryl methyl sites for hydroxylation is 2. The van der Waals surface area contributed by atoms with Gasteiger partial charge in [0.05, 0.1) is 30.6 Å². The van der Waals surface area contributed by atoms with Gasteiger partial charge in [0.25, 0.3) is 0 Å². The summed E-state index contributed by atoms with van der Waals surface area (Å²) in [6.07, 6.45) is 4.25. The van der Waals surface area contributed by atoms with Crippen LogP contribution in [0.4, 0.5) is 4.39 Å². The molecule has 0 aromatic carbocycles. The van der Waals surface area contributed by atoms with Gasteiger partial charge in [0, 0.05) is 17.5 Å². The fourth-order valence-corrected chi connectivity index (χ4v) is 2.88. The molecule has 28 heavy (non-hydrogen) atoms. The number of fused-ring (bicyclic) bond motifs is 1. The summed E-state index contributed by atoms with van der Waals surface area (Å²) < 4.78 is 20.8. The number of hydrogen-bond donors (Lipinski definition) is 0. The van der Waals surface area contributed by atoms with Gasteiger partial charge in [0.2, 0.25) is 0 Å². The van der Waals surface area contributed by atoms with E-state index in [0.29, 0.717) is 28.5 Å². The molecule has 0 atom stereocenters. The van der Waals surface area contributed by atoms with Crippen LogP contribution >= 0.6 is 0 Å². The Morgan fingerprint density at radius 3 is 2.79 bits per heavy atom. The van der Waals surface area contributed by atoms with Crippen molar-refractivity contribution in [2.24, 2.45) is 0 Å². The van der Waals surface area contributed by atoms with Crippen molar-refractivity contribution in [2.45, 2.75) is 20.3 Å². The molecular formula is C20H16FN5O2. The van der Waals surface area contributed by atoms with E-state index in [4.69, 9.17) is 4.74 Å². The summed E-state index contributed by atoms with van der Waals surface area (Å²) in [7, 11) is 0. The number of aromatic nitrogens is 5. The van der Waals surface area contributed by atoms with Gasteiger partial charge < -0.3 is 4.74 Å². The maximum absolute atomic E-state index is 13.4. The number of hydrogen-bond acceptors (Lipinski definition) is 6. The second-order valence-electron chi connectivity index (χ2n) is 6.34. The monoisotopic (exact) mass is 377 g/mol. The quantitative estimate of drug-likeness (QED) is 0.495. The first kappa shape index (κ1) is 17.7. The Morgan fingerprint density at radius 1 is 1.14 bits per heavy atom. The maximum Gasteiger partial charge on any atom is 0.172 e. The smallest absolute Gasteiger partial charge is 0.172 e. The van der Waals surface area contributed by atoms with Gasteiger partial charge >= 0.3 is 0 Å². The number of rotatable bonds is 5. The van der Waals surface area contributed by atoms with Crippen molar-refractivity contribution in [1.82, 2.24) is 24.6 Å². The molecule has 0 aliphatic rings. The van der Waals surface area contributed by atoms with Crippen LogP contribution in [0.5, 0.6) is 11.5 Å². The highest BCUT2D eigenvalue weighted by atomic mass is 19.1. The van der Waals surface area contributed by atoms with Gasteiger partial charge in [-0.05, 0) is 32.0 Å². The molecule has 0 N–H and O–H groups in total. The molecule has 8 heteroatoms. The van der Waals surface area contributed by atoms with Crippen LogP contribution in [0.2, 0.25) is 0 Å². The molecule has 0 saturated heterocycles. The van der Waals surface area contributed by atoms with Crippen LogP contribution in [0.15, 0.2) is 48.9 Å². The van der Waals surface area contributed by atoms with E-state index in [0.717, 1.165) is 11.9 Å². The van der Waals surface area contributed by atoms with Crippen molar-refractivity contribution in [1.29, 1.82) is 0 Å². The van der Waals surface area contributed by atoms with Crippen LogP contribution in [0.25, 0.3) is 5.65 Å². The highest BCUT2D eigenvalue weighted by molar-refractivity contribution is 6.02. The van der Waals surface area contributed by atoms with Crippen LogP contribution < -0.4 is 4.74 Å². The number of carbonyl (C=O) groups is 1. The van der Waals surface area contributed by atoms with Crippen LogP contribution in [-0.4, -0.2) is 30.3 Å². The van der Waals surface area contributed by atoms with E-state index in [2.05, 4.69) is 20.2 Å². The summed E-state index contributed by atoms with van der Waals surface area (Å²) in [6.45, 7) is 3.64. The van der Waals surface area contributed by atoms with Crippen molar-refractivity contribution in [3.05, 3.63) is 77.5 Å². The van der Waals surface area contributed by atoms with E-state index in [1.165, 1.54) is 12.3 Å². The number of pyridine rings is 3. The standard InChI is InChI=1S/C20H16FN5O2/c1-12-4-3-5-15(23-12)7-19(27)18-8-17(11-26-13(2)24-25-20(18)26)28-16-6-14(21)9-22-10-16/h3-6,8-11H,7H2,1-2H3. The van der Waals surface area contributed by atoms with Crippen LogP contribution in [0.1, 0.15) is 27.6 Å². The maximum atomic E-state index is 13.4. The molecule has 140 valence electrons. The summed E-state index contributed by atoms with van der Waals surface area (Å²) in [5.41, 5.74) is 2.29. The number of ketones is 1. The van der Waals surface area contributed by atoms with Crippen molar-refractivity contribution in [3.8, 4) is 11.5 Å². The first-order valence-corrected chi connectivity index (χ1v) is 8.59. The Hall–Kier alpha value is -3.68. The fourth-order valence-electron chi connectivity index (χ4n) is 2.88. The van der Waals surface area contributed by atoms with Crippen molar-refractivity contribution >= 4 is 11.4 Å². The Kier molecular flexibility index (Phi) is 4.52. The molecule has 4 aromatic heterocycles. The molecule has 4 rings (SSSR count). The summed E-state index contributed by atoms with van der Waals surface area (Å²) in [5, 5.41) is 8.14. The predicted molar refractivity (Wildman–Crippen MR) is 99.0 cm³/mol. The molecule has 0 unspecified atom stereocenters. The number of ether oxygens (including phenoxy) is 1. The SMILES string of the molecule is Cc1cccc(CC(=O)c2cc(Oc3cncc(F)c3)cn3c(C)nnc23)n1. The molecule has 0 amide bonds. The zero-order valence-electron chi connectivity index (χ0n) is 15.3. The largest absolute Gasteiger partial charge is 0.454 e. The minimum absolute atomic E-state index is 0.119. The predicted octanol–water partition coefficient (Wildman–Crippen LogP) is 3.49. The van der Waals surface area contributed by atoms with Gasteiger partial charge in [-0.3, -0.25) is 19.2 Å². The second-order valence-corrected chi connectivity index (χ2v) is 6.34. The van der Waals surface area contributed by atoms with Crippen LogP contribution in [-0.2, 0) is 6.42 Å². The first-order chi connectivity index (χ1) is 13.5. The average Bonchev–Trinajstić information content (AvgIpc) is 3.02. The topological polar surface area (TPSA) is 82.3 Å². The molecule has 0 bridgehead atoms. The fraction of sp³-hybridized carbons (Fsp3) is 0.150.